The molecule has 4 nitrogen and oxygen atoms in total. The van der Waals surface area contributed by atoms with Crippen molar-refractivity contribution in [2.75, 3.05) is 18.0 Å². The van der Waals surface area contributed by atoms with Crippen molar-refractivity contribution in [3.63, 3.8) is 0 Å². The molecule has 1 atom stereocenters. The summed E-state index contributed by atoms with van der Waals surface area (Å²) in [5, 5.41) is 9.56. The summed E-state index contributed by atoms with van der Waals surface area (Å²) in [4.78, 5) is 11.3. The lowest BCUT2D eigenvalue weighted by atomic mass is 9.95. The van der Waals surface area contributed by atoms with Gasteiger partial charge in [-0.2, -0.15) is 0 Å². The minimum Gasteiger partial charge on any atom is -0.390 e. The van der Waals surface area contributed by atoms with E-state index in [1.54, 1.807) is 0 Å². The van der Waals surface area contributed by atoms with Gasteiger partial charge in [0.1, 0.15) is 5.82 Å². The second-order valence-electron chi connectivity index (χ2n) is 5.74. The number of nitrogens with zero attached hydrogens (tertiary/aromatic N) is 3. The van der Waals surface area contributed by atoms with Crippen LogP contribution in [0.4, 0.5) is 5.69 Å². The maximum atomic E-state index is 9.56. The van der Waals surface area contributed by atoms with Gasteiger partial charge in [0.25, 0.3) is 0 Å². The van der Waals surface area contributed by atoms with Crippen molar-refractivity contribution in [2.24, 2.45) is 5.92 Å². The summed E-state index contributed by atoms with van der Waals surface area (Å²) in [6.07, 6.45) is 5.64. The summed E-state index contributed by atoms with van der Waals surface area (Å²) >= 11 is 0. The number of hydrogen-bond donors (Lipinski definition) is 1. The number of aromatic nitrogens is 2. The standard InChI is InChI=1S/C15H25N3O/c1-4-12-6-5-7-18(9-12)14-8-16-15(11(2)3)17-13(14)10-19/h8,11-12,19H,4-7,9-10H2,1-3H3. The lowest BCUT2D eigenvalue weighted by molar-refractivity contribution is 0.275. The first-order valence-electron chi connectivity index (χ1n) is 7.37. The van der Waals surface area contributed by atoms with Gasteiger partial charge in [0.15, 0.2) is 0 Å². The van der Waals surface area contributed by atoms with Crippen LogP contribution >= 0.6 is 0 Å². The predicted octanol–water partition coefficient (Wildman–Crippen LogP) is 2.72. The maximum Gasteiger partial charge on any atom is 0.131 e. The van der Waals surface area contributed by atoms with Crippen molar-refractivity contribution in [3.05, 3.63) is 17.7 Å². The van der Waals surface area contributed by atoms with Crippen LogP contribution in [0.1, 0.15) is 57.5 Å². The molecule has 1 unspecified atom stereocenters. The smallest absolute Gasteiger partial charge is 0.131 e. The summed E-state index contributed by atoms with van der Waals surface area (Å²) in [7, 11) is 0. The Labute approximate surface area is 115 Å². The third kappa shape index (κ3) is 3.24. The van der Waals surface area contributed by atoms with Gasteiger partial charge in [-0.15, -0.1) is 0 Å². The first kappa shape index (κ1) is 14.3. The number of rotatable bonds is 4. The number of piperidine rings is 1. The third-order valence-electron chi connectivity index (χ3n) is 3.97. The molecule has 0 aromatic carbocycles. The summed E-state index contributed by atoms with van der Waals surface area (Å²) < 4.78 is 0. The highest BCUT2D eigenvalue weighted by atomic mass is 16.3. The molecule has 1 aliphatic rings. The highest BCUT2D eigenvalue weighted by molar-refractivity contribution is 5.49. The lowest BCUT2D eigenvalue weighted by Crippen LogP contribution is -2.36. The van der Waals surface area contributed by atoms with Gasteiger partial charge in [0, 0.05) is 19.0 Å². The van der Waals surface area contributed by atoms with Gasteiger partial charge in [-0.1, -0.05) is 27.2 Å². The molecular formula is C15H25N3O. The van der Waals surface area contributed by atoms with Gasteiger partial charge in [0.2, 0.25) is 0 Å². The van der Waals surface area contributed by atoms with Gasteiger partial charge in [-0.3, -0.25) is 0 Å². The van der Waals surface area contributed by atoms with Crippen molar-refractivity contribution in [3.8, 4) is 0 Å². The van der Waals surface area contributed by atoms with Gasteiger partial charge in [-0.05, 0) is 18.8 Å². The quantitative estimate of drug-likeness (QED) is 0.907. The van der Waals surface area contributed by atoms with Crippen LogP contribution in [0.5, 0.6) is 0 Å². The molecule has 0 spiro atoms. The van der Waals surface area contributed by atoms with Crippen LogP contribution in [-0.4, -0.2) is 28.2 Å². The summed E-state index contributed by atoms with van der Waals surface area (Å²) in [6.45, 7) is 8.50. The molecule has 1 saturated heterocycles. The van der Waals surface area contributed by atoms with Crippen molar-refractivity contribution < 1.29 is 5.11 Å². The van der Waals surface area contributed by atoms with E-state index in [1.165, 1.54) is 19.3 Å². The first-order chi connectivity index (χ1) is 9.15. The minimum absolute atomic E-state index is 0.00906. The zero-order chi connectivity index (χ0) is 13.8. The molecule has 1 N–H and O–H groups in total. The van der Waals surface area contributed by atoms with Crippen LogP contribution in [0, 0.1) is 5.92 Å². The Kier molecular flexibility index (Phi) is 4.75. The van der Waals surface area contributed by atoms with Crippen LogP contribution in [0.2, 0.25) is 0 Å². The minimum atomic E-state index is -0.00906. The number of aliphatic hydroxyl groups excluding tert-OH is 1. The van der Waals surface area contributed by atoms with Crippen LogP contribution in [0.25, 0.3) is 0 Å². The van der Waals surface area contributed by atoms with Crippen LogP contribution in [0.15, 0.2) is 6.20 Å². The highest BCUT2D eigenvalue weighted by Gasteiger charge is 2.21. The Balaban J connectivity index is 2.23. The van der Waals surface area contributed by atoms with Crippen molar-refractivity contribution in [1.82, 2.24) is 9.97 Å². The normalized spacial score (nSPS) is 20.1. The Morgan fingerprint density at radius 3 is 2.89 bits per heavy atom. The summed E-state index contributed by atoms with van der Waals surface area (Å²) in [6, 6.07) is 0. The molecule has 1 fully saturated rings. The first-order valence-corrected chi connectivity index (χ1v) is 7.37. The van der Waals surface area contributed by atoms with E-state index < -0.39 is 0 Å². The van der Waals surface area contributed by atoms with Gasteiger partial charge >= 0.3 is 0 Å². The van der Waals surface area contributed by atoms with Crippen molar-refractivity contribution in [2.45, 2.75) is 52.6 Å². The molecule has 0 saturated carbocycles. The molecule has 0 amide bonds. The van der Waals surface area contributed by atoms with Gasteiger partial charge in [-0.25, -0.2) is 9.97 Å². The predicted molar refractivity (Wildman–Crippen MR) is 77.3 cm³/mol. The second-order valence-corrected chi connectivity index (χ2v) is 5.74. The number of hydrogen-bond acceptors (Lipinski definition) is 4. The van der Waals surface area contributed by atoms with E-state index in [4.69, 9.17) is 0 Å². The van der Waals surface area contributed by atoms with E-state index >= 15 is 0 Å². The SMILES string of the molecule is CCC1CCCN(c2cnc(C(C)C)nc2CO)C1. The fraction of sp³-hybridized carbons (Fsp3) is 0.733. The third-order valence-corrected chi connectivity index (χ3v) is 3.97. The molecule has 1 aromatic rings. The van der Waals surface area contributed by atoms with E-state index in [2.05, 4.69) is 35.6 Å². The molecule has 4 heteroatoms. The molecule has 106 valence electrons. The van der Waals surface area contributed by atoms with E-state index in [9.17, 15) is 5.11 Å². The second kappa shape index (κ2) is 6.33. The zero-order valence-corrected chi connectivity index (χ0v) is 12.3. The van der Waals surface area contributed by atoms with E-state index in [0.29, 0.717) is 5.92 Å². The Morgan fingerprint density at radius 2 is 2.26 bits per heavy atom. The van der Waals surface area contributed by atoms with Crippen LogP contribution in [-0.2, 0) is 6.61 Å². The lowest BCUT2D eigenvalue weighted by Gasteiger charge is -2.34. The molecule has 1 aromatic heterocycles. The molecule has 2 heterocycles. The van der Waals surface area contributed by atoms with Gasteiger partial charge in [0.05, 0.1) is 24.2 Å². The summed E-state index contributed by atoms with van der Waals surface area (Å²) in [5.74, 6) is 1.87. The fourth-order valence-electron chi connectivity index (χ4n) is 2.70. The molecule has 0 aliphatic carbocycles. The number of aliphatic hydroxyl groups is 1. The fourth-order valence-corrected chi connectivity index (χ4v) is 2.70. The van der Waals surface area contributed by atoms with E-state index in [1.807, 2.05) is 6.20 Å². The van der Waals surface area contributed by atoms with E-state index in [0.717, 1.165) is 36.2 Å². The van der Waals surface area contributed by atoms with E-state index in [-0.39, 0.29) is 6.61 Å². The Morgan fingerprint density at radius 1 is 1.47 bits per heavy atom. The van der Waals surface area contributed by atoms with Crippen LogP contribution in [0.3, 0.4) is 0 Å². The highest BCUT2D eigenvalue weighted by Crippen LogP contribution is 2.27. The Bertz CT molecular complexity index is 420. The average molecular weight is 263 g/mol. The average Bonchev–Trinajstić information content (AvgIpc) is 2.46. The monoisotopic (exact) mass is 263 g/mol. The topological polar surface area (TPSA) is 49.2 Å². The maximum absolute atomic E-state index is 9.56. The number of anilines is 1. The molecule has 0 radical (unpaired) electrons. The van der Waals surface area contributed by atoms with Gasteiger partial charge < -0.3 is 10.0 Å². The molecule has 19 heavy (non-hydrogen) atoms. The molecular weight excluding hydrogens is 238 g/mol. The molecule has 2 rings (SSSR count). The van der Waals surface area contributed by atoms with Crippen molar-refractivity contribution in [1.29, 1.82) is 0 Å². The van der Waals surface area contributed by atoms with Crippen molar-refractivity contribution >= 4 is 5.69 Å². The molecule has 1 aliphatic heterocycles. The van der Waals surface area contributed by atoms with Crippen LogP contribution < -0.4 is 4.90 Å². The Hall–Kier alpha value is -1.16. The summed E-state index contributed by atoms with van der Waals surface area (Å²) in [5.41, 5.74) is 1.79. The largest absolute Gasteiger partial charge is 0.390 e. The molecule has 0 bridgehead atoms. The zero-order valence-electron chi connectivity index (χ0n) is 12.3.